The minimum atomic E-state index is 0.569. The zero-order valence-electron chi connectivity index (χ0n) is 6.27. The summed E-state index contributed by atoms with van der Waals surface area (Å²) in [7, 11) is 5.39. The first-order chi connectivity index (χ1) is 4.22. The third-order valence-corrected chi connectivity index (χ3v) is 1.07. The van der Waals surface area contributed by atoms with Crippen molar-refractivity contribution in [3.05, 3.63) is 12.4 Å². The van der Waals surface area contributed by atoms with Crippen LogP contribution >= 0.6 is 0 Å². The SMILES string of the molecule is C=C(NC)N(C)COC. The van der Waals surface area contributed by atoms with Gasteiger partial charge in [0.25, 0.3) is 0 Å². The average molecular weight is 130 g/mol. The Morgan fingerprint density at radius 1 is 1.78 bits per heavy atom. The number of nitrogens with one attached hydrogen (secondary N) is 1. The van der Waals surface area contributed by atoms with E-state index in [0.717, 1.165) is 5.82 Å². The van der Waals surface area contributed by atoms with Crippen LogP contribution in [0.15, 0.2) is 12.4 Å². The van der Waals surface area contributed by atoms with Gasteiger partial charge in [0.05, 0.1) is 5.82 Å². The van der Waals surface area contributed by atoms with Gasteiger partial charge in [0, 0.05) is 21.2 Å². The number of hydrogen-bond donors (Lipinski definition) is 1. The Labute approximate surface area is 56.3 Å². The highest BCUT2D eigenvalue weighted by molar-refractivity contribution is 4.85. The molecule has 3 nitrogen and oxygen atoms in total. The molecule has 0 aliphatic heterocycles. The van der Waals surface area contributed by atoms with Gasteiger partial charge in [-0.05, 0) is 0 Å². The molecule has 0 atom stereocenters. The van der Waals surface area contributed by atoms with Crippen molar-refractivity contribution in [3.63, 3.8) is 0 Å². The van der Waals surface area contributed by atoms with Crippen LogP contribution in [0, 0.1) is 0 Å². The van der Waals surface area contributed by atoms with Crippen LogP contribution in [0.2, 0.25) is 0 Å². The van der Waals surface area contributed by atoms with E-state index in [2.05, 4.69) is 11.9 Å². The molecule has 0 bridgehead atoms. The zero-order chi connectivity index (χ0) is 7.28. The van der Waals surface area contributed by atoms with Crippen LogP contribution in [0.1, 0.15) is 0 Å². The quantitative estimate of drug-likeness (QED) is 0.551. The fourth-order valence-corrected chi connectivity index (χ4v) is 0.462. The van der Waals surface area contributed by atoms with Gasteiger partial charge in [-0.3, -0.25) is 0 Å². The van der Waals surface area contributed by atoms with Gasteiger partial charge in [-0.1, -0.05) is 6.58 Å². The summed E-state index contributed by atoms with van der Waals surface area (Å²) in [5.74, 6) is 0.858. The van der Waals surface area contributed by atoms with Gasteiger partial charge in [0.1, 0.15) is 6.73 Å². The second-order valence-corrected chi connectivity index (χ2v) is 1.81. The summed E-state index contributed by atoms with van der Waals surface area (Å²) >= 11 is 0. The van der Waals surface area contributed by atoms with E-state index in [4.69, 9.17) is 4.74 Å². The zero-order valence-corrected chi connectivity index (χ0v) is 6.27. The van der Waals surface area contributed by atoms with E-state index in [9.17, 15) is 0 Å². The van der Waals surface area contributed by atoms with Crippen molar-refractivity contribution in [1.29, 1.82) is 0 Å². The van der Waals surface area contributed by atoms with Crippen molar-refractivity contribution in [2.45, 2.75) is 0 Å². The molecule has 0 heterocycles. The number of hydrogen-bond acceptors (Lipinski definition) is 3. The van der Waals surface area contributed by atoms with Crippen LogP contribution in [-0.2, 0) is 4.74 Å². The van der Waals surface area contributed by atoms with Gasteiger partial charge in [0.2, 0.25) is 0 Å². The maximum Gasteiger partial charge on any atom is 0.119 e. The smallest absolute Gasteiger partial charge is 0.119 e. The summed E-state index contributed by atoms with van der Waals surface area (Å²) in [4.78, 5) is 1.88. The van der Waals surface area contributed by atoms with Gasteiger partial charge in [-0.15, -0.1) is 0 Å². The average Bonchev–Trinajstić information content (AvgIpc) is 1.87. The van der Waals surface area contributed by atoms with Gasteiger partial charge >= 0.3 is 0 Å². The Balaban J connectivity index is 3.45. The molecule has 0 aromatic carbocycles. The number of ether oxygens (including phenoxy) is 1. The van der Waals surface area contributed by atoms with Crippen LogP contribution in [0.3, 0.4) is 0 Å². The lowest BCUT2D eigenvalue weighted by Crippen LogP contribution is -2.26. The Morgan fingerprint density at radius 3 is 2.67 bits per heavy atom. The van der Waals surface area contributed by atoms with Crippen molar-refractivity contribution in [1.82, 2.24) is 10.2 Å². The molecule has 0 unspecified atom stereocenters. The van der Waals surface area contributed by atoms with Crippen LogP contribution < -0.4 is 5.32 Å². The van der Waals surface area contributed by atoms with Gasteiger partial charge in [-0.2, -0.15) is 0 Å². The fraction of sp³-hybridized carbons (Fsp3) is 0.667. The molecule has 0 saturated heterocycles. The minimum absolute atomic E-state index is 0.569. The Bertz CT molecular complexity index is 93.1. The molecule has 0 aliphatic carbocycles. The molecule has 0 rings (SSSR count). The van der Waals surface area contributed by atoms with E-state index in [1.54, 1.807) is 7.11 Å². The minimum Gasteiger partial charge on any atom is -0.375 e. The van der Waals surface area contributed by atoms with Crippen LogP contribution in [0.5, 0.6) is 0 Å². The number of methoxy groups -OCH3 is 1. The monoisotopic (exact) mass is 130 g/mol. The molecule has 0 fully saturated rings. The predicted molar refractivity (Wildman–Crippen MR) is 37.8 cm³/mol. The predicted octanol–water partition coefficient (Wildman–Crippen LogP) is 0.213. The van der Waals surface area contributed by atoms with E-state index >= 15 is 0 Å². The molecular formula is C6H14N2O. The van der Waals surface area contributed by atoms with Crippen LogP contribution in [0.4, 0.5) is 0 Å². The maximum absolute atomic E-state index is 4.85. The van der Waals surface area contributed by atoms with Crippen LogP contribution in [-0.4, -0.2) is 32.8 Å². The molecule has 54 valence electrons. The third kappa shape index (κ3) is 2.98. The lowest BCUT2D eigenvalue weighted by Gasteiger charge is -2.19. The topological polar surface area (TPSA) is 24.5 Å². The second kappa shape index (κ2) is 4.21. The molecule has 0 aromatic rings. The summed E-state index contributed by atoms with van der Waals surface area (Å²) in [6.07, 6.45) is 0. The molecule has 3 heteroatoms. The third-order valence-electron chi connectivity index (χ3n) is 1.07. The van der Waals surface area contributed by atoms with Crippen LogP contribution in [0.25, 0.3) is 0 Å². The van der Waals surface area contributed by atoms with E-state index in [0.29, 0.717) is 6.73 Å². The fourth-order valence-electron chi connectivity index (χ4n) is 0.462. The molecule has 0 amide bonds. The molecule has 0 radical (unpaired) electrons. The summed E-state index contributed by atoms with van der Waals surface area (Å²) in [5.41, 5.74) is 0. The molecular weight excluding hydrogens is 116 g/mol. The molecule has 9 heavy (non-hydrogen) atoms. The van der Waals surface area contributed by atoms with Crippen molar-refractivity contribution in [3.8, 4) is 0 Å². The first-order valence-corrected chi connectivity index (χ1v) is 2.79. The second-order valence-electron chi connectivity index (χ2n) is 1.81. The first-order valence-electron chi connectivity index (χ1n) is 2.79. The lowest BCUT2D eigenvalue weighted by molar-refractivity contribution is 0.100. The Morgan fingerprint density at radius 2 is 2.33 bits per heavy atom. The lowest BCUT2D eigenvalue weighted by atomic mass is 10.7. The number of nitrogens with zero attached hydrogens (tertiary/aromatic N) is 1. The molecule has 0 spiro atoms. The van der Waals surface area contributed by atoms with Gasteiger partial charge < -0.3 is 15.0 Å². The number of rotatable bonds is 4. The summed E-state index contributed by atoms with van der Waals surface area (Å²) in [6.45, 7) is 4.30. The van der Waals surface area contributed by atoms with E-state index in [-0.39, 0.29) is 0 Å². The Hall–Kier alpha value is -0.700. The Kier molecular flexibility index (Phi) is 3.88. The van der Waals surface area contributed by atoms with E-state index in [1.165, 1.54) is 0 Å². The van der Waals surface area contributed by atoms with Crippen molar-refractivity contribution >= 4 is 0 Å². The first kappa shape index (κ1) is 8.30. The largest absolute Gasteiger partial charge is 0.375 e. The summed E-state index contributed by atoms with van der Waals surface area (Å²) in [5, 5.41) is 2.90. The normalized spacial score (nSPS) is 8.78. The molecule has 0 saturated carbocycles. The van der Waals surface area contributed by atoms with Gasteiger partial charge in [-0.25, -0.2) is 0 Å². The maximum atomic E-state index is 4.85. The summed E-state index contributed by atoms with van der Waals surface area (Å²) in [6, 6.07) is 0. The highest BCUT2D eigenvalue weighted by Gasteiger charge is 1.94. The molecule has 0 aliphatic rings. The molecule has 0 aromatic heterocycles. The van der Waals surface area contributed by atoms with Gasteiger partial charge in [0.15, 0.2) is 0 Å². The standard InChI is InChI=1S/C6H14N2O/c1-6(7-2)8(3)5-9-4/h7H,1,5H2,2-4H3. The van der Waals surface area contributed by atoms with Crippen molar-refractivity contribution < 1.29 is 4.74 Å². The highest BCUT2D eigenvalue weighted by Crippen LogP contribution is 1.89. The van der Waals surface area contributed by atoms with Crippen molar-refractivity contribution in [2.75, 3.05) is 27.9 Å². The highest BCUT2D eigenvalue weighted by atomic mass is 16.5. The van der Waals surface area contributed by atoms with Crippen molar-refractivity contribution in [2.24, 2.45) is 0 Å². The summed E-state index contributed by atoms with van der Waals surface area (Å²) < 4.78 is 4.85. The van der Waals surface area contributed by atoms with E-state index < -0.39 is 0 Å². The molecule has 1 N–H and O–H groups in total. The van der Waals surface area contributed by atoms with E-state index in [1.807, 2.05) is 19.0 Å².